The lowest BCUT2D eigenvalue weighted by Crippen LogP contribution is -2.01. The van der Waals surface area contributed by atoms with Crippen LogP contribution in [0.1, 0.15) is 31.0 Å². The van der Waals surface area contributed by atoms with E-state index >= 15 is 0 Å². The van der Waals surface area contributed by atoms with Gasteiger partial charge < -0.3 is 15.5 Å². The highest BCUT2D eigenvalue weighted by molar-refractivity contribution is 5.86. The second-order valence-electron chi connectivity index (χ2n) is 4.29. The molecule has 0 aliphatic rings. The quantitative estimate of drug-likeness (QED) is 0.832. The van der Waals surface area contributed by atoms with Crippen LogP contribution in [0.15, 0.2) is 18.2 Å². The van der Waals surface area contributed by atoms with E-state index in [2.05, 4.69) is 24.9 Å². The number of benzene rings is 1. The van der Waals surface area contributed by atoms with E-state index in [0.29, 0.717) is 12.5 Å². The van der Waals surface area contributed by atoms with E-state index in [4.69, 9.17) is 10.5 Å². The average Bonchev–Trinajstić information content (AvgIpc) is 2.65. The molecule has 1 heterocycles. The van der Waals surface area contributed by atoms with Crippen molar-refractivity contribution in [3.8, 4) is 5.75 Å². The maximum atomic E-state index is 5.76. The summed E-state index contributed by atoms with van der Waals surface area (Å²) < 4.78 is 5.21. The summed E-state index contributed by atoms with van der Waals surface area (Å²) in [7, 11) is 1.68. The van der Waals surface area contributed by atoms with Crippen LogP contribution in [0.2, 0.25) is 0 Å². The predicted octanol–water partition coefficient (Wildman–Crippen LogP) is 2.76. The van der Waals surface area contributed by atoms with Gasteiger partial charge in [0.05, 0.1) is 7.11 Å². The molecule has 16 heavy (non-hydrogen) atoms. The van der Waals surface area contributed by atoms with Crippen LogP contribution >= 0.6 is 0 Å². The highest BCUT2D eigenvalue weighted by atomic mass is 16.5. The van der Waals surface area contributed by atoms with E-state index in [0.717, 1.165) is 17.0 Å². The number of aromatic amines is 1. The van der Waals surface area contributed by atoms with E-state index in [1.165, 1.54) is 10.9 Å². The van der Waals surface area contributed by atoms with Gasteiger partial charge in [0, 0.05) is 29.2 Å². The molecule has 0 aliphatic carbocycles. The van der Waals surface area contributed by atoms with Gasteiger partial charge in [-0.3, -0.25) is 0 Å². The first kappa shape index (κ1) is 11.0. The number of rotatable bonds is 3. The number of hydrogen-bond donors (Lipinski definition) is 2. The van der Waals surface area contributed by atoms with Gasteiger partial charge in [-0.2, -0.15) is 0 Å². The third-order valence-corrected chi connectivity index (χ3v) is 2.91. The van der Waals surface area contributed by atoms with Crippen molar-refractivity contribution in [1.29, 1.82) is 0 Å². The Morgan fingerprint density at radius 1 is 1.38 bits per heavy atom. The smallest absolute Gasteiger partial charge is 0.120 e. The lowest BCUT2D eigenvalue weighted by Gasteiger charge is -2.06. The Kier molecular flexibility index (Phi) is 2.88. The molecule has 0 bridgehead atoms. The van der Waals surface area contributed by atoms with E-state index in [9.17, 15) is 0 Å². The SMILES string of the molecule is COc1ccc2c(C(C)C)c(CN)[nH]c2c1. The number of hydrogen-bond acceptors (Lipinski definition) is 2. The molecule has 0 amide bonds. The van der Waals surface area contributed by atoms with Gasteiger partial charge in [-0.15, -0.1) is 0 Å². The van der Waals surface area contributed by atoms with Crippen molar-refractivity contribution in [3.05, 3.63) is 29.5 Å². The summed E-state index contributed by atoms with van der Waals surface area (Å²) in [4.78, 5) is 3.36. The Hall–Kier alpha value is -1.48. The molecule has 3 N–H and O–H groups in total. The Bertz CT molecular complexity index is 500. The second-order valence-corrected chi connectivity index (χ2v) is 4.29. The number of nitrogens with one attached hydrogen (secondary N) is 1. The molecule has 3 nitrogen and oxygen atoms in total. The zero-order chi connectivity index (χ0) is 11.7. The van der Waals surface area contributed by atoms with Crippen molar-refractivity contribution < 1.29 is 4.74 Å². The fraction of sp³-hybridized carbons (Fsp3) is 0.385. The van der Waals surface area contributed by atoms with Crippen molar-refractivity contribution in [2.24, 2.45) is 5.73 Å². The van der Waals surface area contributed by atoms with Crippen molar-refractivity contribution in [3.63, 3.8) is 0 Å². The first-order valence-corrected chi connectivity index (χ1v) is 5.56. The molecule has 0 saturated carbocycles. The van der Waals surface area contributed by atoms with Crippen LogP contribution < -0.4 is 10.5 Å². The van der Waals surface area contributed by atoms with Crippen molar-refractivity contribution >= 4 is 10.9 Å². The molecule has 1 aromatic heterocycles. The van der Waals surface area contributed by atoms with Gasteiger partial charge >= 0.3 is 0 Å². The van der Waals surface area contributed by atoms with Gasteiger partial charge in [-0.25, -0.2) is 0 Å². The van der Waals surface area contributed by atoms with Crippen molar-refractivity contribution in [2.45, 2.75) is 26.3 Å². The van der Waals surface area contributed by atoms with E-state index < -0.39 is 0 Å². The maximum absolute atomic E-state index is 5.76. The van der Waals surface area contributed by atoms with E-state index in [1.807, 2.05) is 12.1 Å². The third kappa shape index (κ3) is 1.67. The number of methoxy groups -OCH3 is 1. The second kappa shape index (κ2) is 4.18. The molecule has 0 radical (unpaired) electrons. The van der Waals surface area contributed by atoms with Crippen LogP contribution in [-0.4, -0.2) is 12.1 Å². The number of ether oxygens (including phenoxy) is 1. The van der Waals surface area contributed by atoms with Crippen molar-refractivity contribution in [1.82, 2.24) is 4.98 Å². The molecule has 1 aromatic carbocycles. The predicted molar refractivity (Wildman–Crippen MR) is 66.8 cm³/mol. The molecule has 0 unspecified atom stereocenters. The minimum atomic E-state index is 0.473. The van der Waals surface area contributed by atoms with Crippen LogP contribution in [0.25, 0.3) is 10.9 Å². The topological polar surface area (TPSA) is 51.0 Å². The fourth-order valence-corrected chi connectivity index (χ4v) is 2.20. The Labute approximate surface area is 95.6 Å². The third-order valence-electron chi connectivity index (χ3n) is 2.91. The van der Waals surface area contributed by atoms with Crippen LogP contribution in [0.3, 0.4) is 0 Å². The molecular weight excluding hydrogens is 200 g/mol. The summed E-state index contributed by atoms with van der Waals surface area (Å²) in [6.45, 7) is 4.92. The molecular formula is C13H18N2O. The highest BCUT2D eigenvalue weighted by Gasteiger charge is 2.13. The largest absolute Gasteiger partial charge is 0.497 e. The zero-order valence-corrected chi connectivity index (χ0v) is 10.0. The minimum absolute atomic E-state index is 0.473. The minimum Gasteiger partial charge on any atom is -0.497 e. The monoisotopic (exact) mass is 218 g/mol. The van der Waals surface area contributed by atoms with Crippen molar-refractivity contribution in [2.75, 3.05) is 7.11 Å². The Balaban J connectivity index is 2.67. The summed E-state index contributed by atoms with van der Waals surface area (Å²) in [6, 6.07) is 6.10. The molecule has 3 heteroatoms. The van der Waals surface area contributed by atoms with Gasteiger partial charge in [0.1, 0.15) is 5.75 Å². The zero-order valence-electron chi connectivity index (χ0n) is 10.0. The summed E-state index contributed by atoms with van der Waals surface area (Å²) in [5, 5.41) is 1.25. The number of aromatic nitrogens is 1. The Morgan fingerprint density at radius 3 is 2.69 bits per heavy atom. The van der Waals surface area contributed by atoms with Crippen LogP contribution in [0.4, 0.5) is 0 Å². The molecule has 0 fully saturated rings. The molecule has 0 aliphatic heterocycles. The number of nitrogens with two attached hydrogens (primary N) is 1. The van der Waals surface area contributed by atoms with E-state index in [1.54, 1.807) is 7.11 Å². The number of H-pyrrole nitrogens is 1. The van der Waals surface area contributed by atoms with Gasteiger partial charge in [-0.1, -0.05) is 13.8 Å². The molecule has 0 atom stereocenters. The summed E-state index contributed by atoms with van der Waals surface area (Å²) in [5.41, 5.74) is 9.30. The summed E-state index contributed by atoms with van der Waals surface area (Å²) in [6.07, 6.45) is 0. The molecule has 86 valence electrons. The highest BCUT2D eigenvalue weighted by Crippen LogP contribution is 2.31. The normalized spacial score (nSPS) is 11.3. The van der Waals surface area contributed by atoms with Gasteiger partial charge in [0.15, 0.2) is 0 Å². The molecule has 0 spiro atoms. The lowest BCUT2D eigenvalue weighted by molar-refractivity contribution is 0.415. The molecule has 0 saturated heterocycles. The average molecular weight is 218 g/mol. The van der Waals surface area contributed by atoms with Gasteiger partial charge in [0.2, 0.25) is 0 Å². The van der Waals surface area contributed by atoms with Crippen LogP contribution in [0.5, 0.6) is 5.75 Å². The standard InChI is InChI=1S/C13H18N2O/c1-8(2)13-10-5-4-9(16-3)6-11(10)15-12(13)7-14/h4-6,8,15H,7,14H2,1-3H3. The van der Waals surface area contributed by atoms with Gasteiger partial charge in [-0.05, 0) is 23.6 Å². The maximum Gasteiger partial charge on any atom is 0.120 e. The lowest BCUT2D eigenvalue weighted by atomic mass is 9.99. The summed E-state index contributed by atoms with van der Waals surface area (Å²) >= 11 is 0. The molecule has 2 aromatic rings. The van der Waals surface area contributed by atoms with E-state index in [-0.39, 0.29) is 0 Å². The van der Waals surface area contributed by atoms with Crippen LogP contribution in [-0.2, 0) is 6.54 Å². The molecule has 2 rings (SSSR count). The van der Waals surface area contributed by atoms with Crippen LogP contribution in [0, 0.1) is 0 Å². The first-order valence-electron chi connectivity index (χ1n) is 5.56. The first-order chi connectivity index (χ1) is 7.67. The fourth-order valence-electron chi connectivity index (χ4n) is 2.20. The number of fused-ring (bicyclic) bond motifs is 1. The van der Waals surface area contributed by atoms with Gasteiger partial charge in [0.25, 0.3) is 0 Å². The Morgan fingerprint density at radius 2 is 2.12 bits per heavy atom. The summed E-state index contributed by atoms with van der Waals surface area (Å²) in [5.74, 6) is 1.34.